The van der Waals surface area contributed by atoms with Gasteiger partial charge in [-0.2, -0.15) is 5.10 Å². The lowest BCUT2D eigenvalue weighted by Crippen LogP contribution is -2.19. The molecule has 1 aliphatic rings. The lowest BCUT2D eigenvalue weighted by Gasteiger charge is -2.12. The fraction of sp³-hybridized carbons (Fsp3) is 0.167. The molecule has 0 aliphatic heterocycles. The van der Waals surface area contributed by atoms with E-state index in [1.54, 1.807) is 23.2 Å². The summed E-state index contributed by atoms with van der Waals surface area (Å²) in [7, 11) is 0. The van der Waals surface area contributed by atoms with Crippen molar-refractivity contribution in [3.63, 3.8) is 0 Å². The first kappa shape index (κ1) is 12.6. The van der Waals surface area contributed by atoms with Gasteiger partial charge < -0.3 is 0 Å². The van der Waals surface area contributed by atoms with Crippen LogP contribution in [0.25, 0.3) is 27.5 Å². The number of hydrogen-bond donors (Lipinski definition) is 1. The Labute approximate surface area is 131 Å². The van der Waals surface area contributed by atoms with Gasteiger partial charge in [-0.3, -0.25) is 19.4 Å². The summed E-state index contributed by atoms with van der Waals surface area (Å²) in [5.41, 5.74) is 3.43. The Morgan fingerprint density at radius 3 is 2.83 bits per heavy atom. The van der Waals surface area contributed by atoms with Crippen LogP contribution in [-0.2, 0) is 0 Å². The Morgan fingerprint density at radius 2 is 2.04 bits per heavy atom. The molecule has 0 spiro atoms. The minimum Gasteiger partial charge on any atom is -0.273 e. The van der Waals surface area contributed by atoms with Crippen molar-refractivity contribution in [2.24, 2.45) is 0 Å². The maximum atomic E-state index is 13.0. The number of aromatic nitrogens is 4. The molecule has 1 fully saturated rings. The SMILES string of the molecule is O=c1c2[nH]ncc2c2ccc(C3CC3)cc2n1-c1cccnc1. The van der Waals surface area contributed by atoms with E-state index in [-0.39, 0.29) is 5.56 Å². The molecular weight excluding hydrogens is 288 g/mol. The van der Waals surface area contributed by atoms with Gasteiger partial charge in [-0.15, -0.1) is 0 Å². The maximum absolute atomic E-state index is 13.0. The Hall–Kier alpha value is -2.95. The summed E-state index contributed by atoms with van der Waals surface area (Å²) in [6.45, 7) is 0. The summed E-state index contributed by atoms with van der Waals surface area (Å²) in [6.07, 6.45) is 7.62. The van der Waals surface area contributed by atoms with Gasteiger partial charge in [0.25, 0.3) is 5.56 Å². The Kier molecular flexibility index (Phi) is 2.47. The van der Waals surface area contributed by atoms with E-state index in [2.05, 4.69) is 33.4 Å². The van der Waals surface area contributed by atoms with Crippen molar-refractivity contribution in [2.45, 2.75) is 18.8 Å². The normalized spacial score (nSPS) is 14.6. The number of hydrogen-bond acceptors (Lipinski definition) is 3. The largest absolute Gasteiger partial charge is 0.281 e. The molecule has 1 N–H and O–H groups in total. The smallest absolute Gasteiger partial charge is 0.273 e. The molecule has 1 aromatic carbocycles. The van der Waals surface area contributed by atoms with Crippen LogP contribution in [0.15, 0.2) is 53.7 Å². The molecule has 0 bridgehead atoms. The second-order valence-electron chi connectivity index (χ2n) is 6.06. The number of benzene rings is 1. The van der Waals surface area contributed by atoms with Crippen LogP contribution in [0.5, 0.6) is 0 Å². The van der Waals surface area contributed by atoms with Crippen molar-refractivity contribution < 1.29 is 0 Å². The van der Waals surface area contributed by atoms with Gasteiger partial charge in [0.15, 0.2) is 0 Å². The second kappa shape index (κ2) is 4.52. The molecule has 3 heterocycles. The highest BCUT2D eigenvalue weighted by Crippen LogP contribution is 2.41. The summed E-state index contributed by atoms with van der Waals surface area (Å²) < 4.78 is 1.73. The fourth-order valence-corrected chi connectivity index (χ4v) is 3.25. The van der Waals surface area contributed by atoms with E-state index in [1.807, 2.05) is 12.1 Å². The molecular formula is C18H14N4O. The molecule has 0 unspecified atom stereocenters. The summed E-state index contributed by atoms with van der Waals surface area (Å²) in [5, 5.41) is 8.80. The van der Waals surface area contributed by atoms with E-state index >= 15 is 0 Å². The van der Waals surface area contributed by atoms with Gasteiger partial charge in [0, 0.05) is 17.0 Å². The lowest BCUT2D eigenvalue weighted by atomic mass is 10.0. The quantitative estimate of drug-likeness (QED) is 0.618. The van der Waals surface area contributed by atoms with Crippen molar-refractivity contribution in [3.05, 3.63) is 64.8 Å². The molecule has 0 amide bonds. The standard InChI is InChI=1S/C18H14N4O/c23-18-17-15(10-20-21-17)14-6-5-12(11-3-4-11)8-16(14)22(18)13-2-1-7-19-9-13/h1-2,5-11H,3-4H2,(H,20,21). The first-order valence-electron chi connectivity index (χ1n) is 7.75. The molecule has 0 atom stereocenters. The number of nitrogens with one attached hydrogen (secondary N) is 1. The van der Waals surface area contributed by atoms with Crippen molar-refractivity contribution >= 4 is 21.8 Å². The van der Waals surface area contributed by atoms with E-state index in [1.165, 1.54) is 18.4 Å². The molecule has 1 aliphatic carbocycles. The lowest BCUT2D eigenvalue weighted by molar-refractivity contribution is 1.02. The molecule has 3 aromatic heterocycles. The third-order valence-electron chi connectivity index (χ3n) is 4.56. The molecule has 4 aromatic rings. The maximum Gasteiger partial charge on any atom is 0.281 e. The molecule has 5 heteroatoms. The number of aromatic amines is 1. The van der Waals surface area contributed by atoms with E-state index in [4.69, 9.17) is 0 Å². The first-order valence-corrected chi connectivity index (χ1v) is 7.75. The molecule has 5 rings (SSSR count). The zero-order chi connectivity index (χ0) is 15.4. The van der Waals surface area contributed by atoms with E-state index < -0.39 is 0 Å². The van der Waals surface area contributed by atoms with Gasteiger partial charge in [0.05, 0.1) is 23.6 Å². The average Bonchev–Trinajstić information content (AvgIpc) is 3.32. The highest BCUT2D eigenvalue weighted by atomic mass is 16.1. The highest BCUT2D eigenvalue weighted by Gasteiger charge is 2.24. The number of H-pyrrole nitrogens is 1. The van der Waals surface area contributed by atoms with E-state index in [0.717, 1.165) is 22.0 Å². The van der Waals surface area contributed by atoms with Crippen LogP contribution in [0.1, 0.15) is 24.3 Å². The predicted molar refractivity (Wildman–Crippen MR) is 89.0 cm³/mol. The number of pyridine rings is 2. The van der Waals surface area contributed by atoms with E-state index in [9.17, 15) is 4.79 Å². The Bertz CT molecular complexity index is 1090. The molecule has 0 radical (unpaired) electrons. The second-order valence-corrected chi connectivity index (χ2v) is 6.06. The summed E-state index contributed by atoms with van der Waals surface area (Å²) in [6, 6.07) is 10.2. The van der Waals surface area contributed by atoms with Crippen LogP contribution in [-0.4, -0.2) is 19.7 Å². The Morgan fingerprint density at radius 1 is 1.13 bits per heavy atom. The summed E-state index contributed by atoms with van der Waals surface area (Å²) in [5.74, 6) is 0.636. The van der Waals surface area contributed by atoms with Crippen molar-refractivity contribution in [2.75, 3.05) is 0 Å². The summed E-state index contributed by atoms with van der Waals surface area (Å²) in [4.78, 5) is 17.1. The van der Waals surface area contributed by atoms with Gasteiger partial charge in [-0.05, 0) is 42.5 Å². The third-order valence-corrected chi connectivity index (χ3v) is 4.56. The van der Waals surface area contributed by atoms with Crippen molar-refractivity contribution in [1.82, 2.24) is 19.7 Å². The van der Waals surface area contributed by atoms with Crippen LogP contribution in [0.2, 0.25) is 0 Å². The summed E-state index contributed by atoms with van der Waals surface area (Å²) >= 11 is 0. The zero-order valence-corrected chi connectivity index (χ0v) is 12.4. The van der Waals surface area contributed by atoms with Crippen molar-refractivity contribution in [1.29, 1.82) is 0 Å². The molecule has 112 valence electrons. The number of fused-ring (bicyclic) bond motifs is 3. The number of rotatable bonds is 2. The zero-order valence-electron chi connectivity index (χ0n) is 12.4. The molecule has 0 saturated heterocycles. The third kappa shape index (κ3) is 1.83. The van der Waals surface area contributed by atoms with Crippen LogP contribution >= 0.6 is 0 Å². The Balaban J connectivity index is 1.97. The minimum absolute atomic E-state index is 0.0917. The topological polar surface area (TPSA) is 63.6 Å². The van der Waals surface area contributed by atoms with Gasteiger partial charge in [-0.1, -0.05) is 12.1 Å². The van der Waals surface area contributed by atoms with Crippen LogP contribution < -0.4 is 5.56 Å². The van der Waals surface area contributed by atoms with Crippen LogP contribution in [0.3, 0.4) is 0 Å². The van der Waals surface area contributed by atoms with Crippen LogP contribution in [0.4, 0.5) is 0 Å². The van der Waals surface area contributed by atoms with Gasteiger partial charge in [0.2, 0.25) is 0 Å². The molecule has 23 heavy (non-hydrogen) atoms. The first-order chi connectivity index (χ1) is 11.3. The van der Waals surface area contributed by atoms with Crippen molar-refractivity contribution in [3.8, 4) is 5.69 Å². The minimum atomic E-state index is -0.0917. The van der Waals surface area contributed by atoms with E-state index in [0.29, 0.717) is 11.4 Å². The predicted octanol–water partition coefficient (Wildman–Crippen LogP) is 3.14. The molecule has 5 nitrogen and oxygen atoms in total. The fourth-order valence-electron chi connectivity index (χ4n) is 3.25. The number of nitrogens with zero attached hydrogens (tertiary/aromatic N) is 3. The van der Waals surface area contributed by atoms with Gasteiger partial charge >= 0.3 is 0 Å². The van der Waals surface area contributed by atoms with Crippen LogP contribution in [0, 0.1) is 0 Å². The average molecular weight is 302 g/mol. The monoisotopic (exact) mass is 302 g/mol. The molecule has 1 saturated carbocycles. The van der Waals surface area contributed by atoms with Gasteiger partial charge in [0.1, 0.15) is 5.52 Å². The van der Waals surface area contributed by atoms with Gasteiger partial charge in [-0.25, -0.2) is 0 Å². The highest BCUT2D eigenvalue weighted by molar-refractivity contribution is 6.04.